The number of hydrogen-bond donors (Lipinski definition) is 1. The maximum atomic E-state index is 12.8. The van der Waals surface area contributed by atoms with Gasteiger partial charge in [-0.15, -0.1) is 0 Å². The van der Waals surface area contributed by atoms with Crippen molar-refractivity contribution >= 4 is 22.4 Å². The van der Waals surface area contributed by atoms with Crippen molar-refractivity contribution in [1.29, 1.82) is 0 Å². The van der Waals surface area contributed by atoms with Crippen LogP contribution in [0.4, 0.5) is 0 Å². The van der Waals surface area contributed by atoms with Crippen LogP contribution < -0.4 is 10.1 Å². The number of fused-ring (bicyclic) bond motifs is 2. The molecule has 1 aromatic carbocycles. The Labute approximate surface area is 148 Å². The van der Waals surface area contributed by atoms with Crippen LogP contribution in [-0.2, 0) is 11.3 Å². The van der Waals surface area contributed by atoms with Gasteiger partial charge in [0.1, 0.15) is 5.75 Å². The van der Waals surface area contributed by atoms with E-state index in [1.807, 2.05) is 24.8 Å². The molecule has 2 aromatic rings. The Hall–Kier alpha value is -2.27. The molecule has 0 aliphatic carbocycles. The third-order valence-electron chi connectivity index (χ3n) is 5.53. The molecular formula is C20H25N3O2. The number of carbonyl (C=O) groups excluding carboxylic acids is 1. The Morgan fingerprint density at radius 2 is 2.12 bits per heavy atom. The molecule has 0 saturated carbocycles. The SMILES string of the molecule is CCN(CC)C(=O)[C@@H]1C=C2c3ccc(OC)c4ccn(c34)CC2NC1. The summed E-state index contributed by atoms with van der Waals surface area (Å²) in [6, 6.07) is 6.54. The molecule has 2 atom stereocenters. The monoisotopic (exact) mass is 339 g/mol. The molecule has 5 nitrogen and oxygen atoms in total. The maximum absolute atomic E-state index is 12.8. The molecule has 0 radical (unpaired) electrons. The maximum Gasteiger partial charge on any atom is 0.230 e. The Balaban J connectivity index is 1.78. The highest BCUT2D eigenvalue weighted by atomic mass is 16.5. The highest BCUT2D eigenvalue weighted by Gasteiger charge is 2.33. The van der Waals surface area contributed by atoms with E-state index in [2.05, 4.69) is 34.3 Å². The lowest BCUT2D eigenvalue weighted by Crippen LogP contribution is -2.47. The summed E-state index contributed by atoms with van der Waals surface area (Å²) in [5.74, 6) is 1.02. The zero-order chi connectivity index (χ0) is 17.6. The summed E-state index contributed by atoms with van der Waals surface area (Å²) < 4.78 is 7.80. The van der Waals surface area contributed by atoms with Crippen molar-refractivity contribution in [3.05, 3.63) is 36.0 Å². The number of amides is 1. The van der Waals surface area contributed by atoms with Crippen LogP contribution in [0.3, 0.4) is 0 Å². The number of ether oxygens (including phenoxy) is 1. The van der Waals surface area contributed by atoms with Gasteiger partial charge in [-0.2, -0.15) is 0 Å². The Morgan fingerprint density at radius 3 is 2.84 bits per heavy atom. The molecule has 0 spiro atoms. The zero-order valence-electron chi connectivity index (χ0n) is 15.1. The molecule has 1 N–H and O–H groups in total. The number of aromatic nitrogens is 1. The molecule has 132 valence electrons. The first kappa shape index (κ1) is 16.2. The Bertz CT molecular complexity index is 848. The van der Waals surface area contributed by atoms with Gasteiger partial charge in [0.15, 0.2) is 0 Å². The van der Waals surface area contributed by atoms with Gasteiger partial charge in [0.25, 0.3) is 0 Å². The van der Waals surface area contributed by atoms with Crippen LogP contribution >= 0.6 is 0 Å². The fraction of sp³-hybridized carbons (Fsp3) is 0.450. The summed E-state index contributed by atoms with van der Waals surface area (Å²) in [5.41, 5.74) is 3.66. The first-order valence-electron chi connectivity index (χ1n) is 9.08. The summed E-state index contributed by atoms with van der Waals surface area (Å²) in [6.45, 7) is 7.19. The topological polar surface area (TPSA) is 46.5 Å². The minimum absolute atomic E-state index is 0.0928. The quantitative estimate of drug-likeness (QED) is 0.931. The third-order valence-corrected chi connectivity index (χ3v) is 5.53. The first-order chi connectivity index (χ1) is 12.2. The summed E-state index contributed by atoms with van der Waals surface area (Å²) in [7, 11) is 1.71. The van der Waals surface area contributed by atoms with Gasteiger partial charge in [-0.05, 0) is 37.6 Å². The van der Waals surface area contributed by atoms with E-state index in [0.29, 0.717) is 6.54 Å². The molecular weight excluding hydrogens is 314 g/mol. The summed E-state index contributed by atoms with van der Waals surface area (Å²) in [4.78, 5) is 14.7. The molecule has 3 heterocycles. The molecule has 0 saturated heterocycles. The number of methoxy groups -OCH3 is 1. The van der Waals surface area contributed by atoms with Crippen molar-refractivity contribution in [2.24, 2.45) is 5.92 Å². The number of nitrogens with one attached hydrogen (secondary N) is 1. The number of nitrogens with zero attached hydrogens (tertiary/aromatic N) is 2. The molecule has 0 bridgehead atoms. The number of benzene rings is 1. The molecule has 1 amide bonds. The zero-order valence-corrected chi connectivity index (χ0v) is 15.1. The average Bonchev–Trinajstić information content (AvgIpc) is 3.07. The predicted molar refractivity (Wildman–Crippen MR) is 99.7 cm³/mol. The van der Waals surface area contributed by atoms with Crippen LogP contribution in [0.2, 0.25) is 0 Å². The van der Waals surface area contributed by atoms with Crippen LogP contribution in [-0.4, -0.2) is 48.2 Å². The fourth-order valence-electron chi connectivity index (χ4n) is 4.20. The highest BCUT2D eigenvalue weighted by Crippen LogP contribution is 2.39. The summed E-state index contributed by atoms with van der Waals surface area (Å²) in [5, 5.41) is 4.73. The van der Waals surface area contributed by atoms with Gasteiger partial charge in [0.05, 0.1) is 24.6 Å². The number of rotatable bonds is 4. The fourth-order valence-corrected chi connectivity index (χ4v) is 4.20. The molecule has 1 unspecified atom stereocenters. The minimum Gasteiger partial charge on any atom is -0.496 e. The van der Waals surface area contributed by atoms with E-state index in [0.717, 1.165) is 30.8 Å². The van der Waals surface area contributed by atoms with Crippen LogP contribution in [0.1, 0.15) is 19.4 Å². The van der Waals surface area contributed by atoms with E-state index in [-0.39, 0.29) is 17.9 Å². The lowest BCUT2D eigenvalue weighted by molar-refractivity contribution is -0.133. The Kier molecular flexibility index (Phi) is 4.04. The lowest BCUT2D eigenvalue weighted by Gasteiger charge is -2.35. The van der Waals surface area contributed by atoms with Crippen LogP contribution in [0.15, 0.2) is 30.5 Å². The second kappa shape index (κ2) is 6.23. The molecule has 1 aromatic heterocycles. The van der Waals surface area contributed by atoms with Crippen molar-refractivity contribution in [2.75, 3.05) is 26.7 Å². The van der Waals surface area contributed by atoms with Gasteiger partial charge < -0.3 is 19.5 Å². The normalized spacial score (nSPS) is 21.6. The molecule has 2 aliphatic rings. The van der Waals surface area contributed by atoms with Crippen molar-refractivity contribution in [1.82, 2.24) is 14.8 Å². The standard InChI is InChI=1S/C20H25N3O2/c1-4-22(5-2)20(24)13-10-16-14-6-7-18(25-3)15-8-9-23(19(14)15)12-17(16)21-11-13/h6-10,13,17,21H,4-5,11-12H2,1-3H3/t13-,17?/m1/s1. The van der Waals surface area contributed by atoms with Gasteiger partial charge >= 0.3 is 0 Å². The van der Waals surface area contributed by atoms with E-state index in [9.17, 15) is 4.79 Å². The second-order valence-corrected chi connectivity index (χ2v) is 6.75. The highest BCUT2D eigenvalue weighted by molar-refractivity contribution is 5.99. The van der Waals surface area contributed by atoms with Crippen LogP contribution in [0, 0.1) is 5.92 Å². The molecule has 2 aliphatic heterocycles. The predicted octanol–water partition coefficient (Wildman–Crippen LogP) is 2.50. The summed E-state index contributed by atoms with van der Waals surface area (Å²) in [6.07, 6.45) is 4.32. The third kappa shape index (κ3) is 2.45. The van der Waals surface area contributed by atoms with E-state index in [1.54, 1.807) is 7.11 Å². The van der Waals surface area contributed by atoms with Gasteiger partial charge in [0.2, 0.25) is 5.91 Å². The molecule has 4 rings (SSSR count). The number of carbonyl (C=O) groups is 1. The van der Waals surface area contributed by atoms with Crippen LogP contribution in [0.25, 0.3) is 16.5 Å². The van der Waals surface area contributed by atoms with E-state index >= 15 is 0 Å². The van der Waals surface area contributed by atoms with Crippen molar-refractivity contribution < 1.29 is 9.53 Å². The van der Waals surface area contributed by atoms with E-state index in [1.165, 1.54) is 16.7 Å². The van der Waals surface area contributed by atoms with Crippen molar-refractivity contribution in [3.63, 3.8) is 0 Å². The smallest absolute Gasteiger partial charge is 0.230 e. The van der Waals surface area contributed by atoms with Crippen LogP contribution in [0.5, 0.6) is 5.75 Å². The second-order valence-electron chi connectivity index (χ2n) is 6.75. The van der Waals surface area contributed by atoms with E-state index in [4.69, 9.17) is 4.74 Å². The molecule has 0 fully saturated rings. The molecule has 25 heavy (non-hydrogen) atoms. The minimum atomic E-state index is -0.0928. The van der Waals surface area contributed by atoms with Gasteiger partial charge in [-0.25, -0.2) is 0 Å². The van der Waals surface area contributed by atoms with Gasteiger partial charge in [-0.1, -0.05) is 6.08 Å². The largest absolute Gasteiger partial charge is 0.496 e. The van der Waals surface area contributed by atoms with Gasteiger partial charge in [0, 0.05) is 43.3 Å². The van der Waals surface area contributed by atoms with Crippen molar-refractivity contribution in [2.45, 2.75) is 26.4 Å². The van der Waals surface area contributed by atoms with Gasteiger partial charge in [-0.3, -0.25) is 4.79 Å². The summed E-state index contributed by atoms with van der Waals surface area (Å²) >= 11 is 0. The van der Waals surface area contributed by atoms with E-state index < -0.39 is 0 Å². The number of hydrogen-bond acceptors (Lipinski definition) is 3. The Morgan fingerprint density at radius 1 is 1.32 bits per heavy atom. The average molecular weight is 339 g/mol. The first-order valence-corrected chi connectivity index (χ1v) is 9.08. The molecule has 5 heteroatoms. The lowest BCUT2D eigenvalue weighted by atomic mass is 9.86. The van der Waals surface area contributed by atoms with Crippen molar-refractivity contribution in [3.8, 4) is 5.75 Å².